The van der Waals surface area contributed by atoms with Crippen LogP contribution in [0.4, 0.5) is 11.5 Å². The van der Waals surface area contributed by atoms with Gasteiger partial charge in [0.1, 0.15) is 11.5 Å². The number of nitrogens with zero attached hydrogens (tertiary/aromatic N) is 1. The van der Waals surface area contributed by atoms with E-state index in [2.05, 4.69) is 17.2 Å². The number of unbranched alkanes of at least 4 members (excludes halogenated alkanes) is 2. The third-order valence-corrected chi connectivity index (χ3v) is 4.05. The van der Waals surface area contributed by atoms with Crippen LogP contribution in [0.5, 0.6) is 0 Å². The molecule has 6 nitrogen and oxygen atoms in total. The minimum Gasteiger partial charge on any atom is -0.383 e. The highest BCUT2D eigenvalue weighted by Crippen LogP contribution is 2.15. The second-order valence-corrected chi connectivity index (χ2v) is 6.13. The van der Waals surface area contributed by atoms with Gasteiger partial charge in [0.05, 0.1) is 6.54 Å². The predicted octanol–water partition coefficient (Wildman–Crippen LogP) is 2.55. The van der Waals surface area contributed by atoms with Crippen molar-refractivity contribution in [1.82, 2.24) is 9.55 Å². The van der Waals surface area contributed by atoms with Crippen LogP contribution >= 0.6 is 0 Å². The summed E-state index contributed by atoms with van der Waals surface area (Å²) in [6.07, 6.45) is 4.35. The van der Waals surface area contributed by atoms with E-state index in [1.165, 1.54) is 4.57 Å². The van der Waals surface area contributed by atoms with Crippen LogP contribution in [0.15, 0.2) is 39.9 Å². The van der Waals surface area contributed by atoms with Crippen LogP contribution in [0.25, 0.3) is 0 Å². The number of nitrogens with one attached hydrogen (secondary N) is 2. The number of hydrogen-bond donors (Lipinski definition) is 3. The number of hydrogen-bond acceptors (Lipinski definition) is 4. The molecule has 0 aliphatic heterocycles. The Morgan fingerprint density at radius 3 is 2.58 bits per heavy atom. The minimum atomic E-state index is -0.495. The first-order valence-corrected chi connectivity index (χ1v) is 8.46. The van der Waals surface area contributed by atoms with Crippen molar-refractivity contribution in [3.8, 4) is 0 Å². The third kappa shape index (κ3) is 4.50. The molecule has 0 amide bonds. The highest BCUT2D eigenvalue weighted by atomic mass is 16.2. The largest absolute Gasteiger partial charge is 0.383 e. The van der Waals surface area contributed by atoms with Crippen molar-refractivity contribution in [1.29, 1.82) is 0 Å². The second-order valence-electron chi connectivity index (χ2n) is 6.13. The molecule has 1 atom stereocenters. The molecule has 0 radical (unpaired) electrons. The van der Waals surface area contributed by atoms with Gasteiger partial charge < -0.3 is 11.1 Å². The van der Waals surface area contributed by atoms with Gasteiger partial charge in [0.2, 0.25) is 0 Å². The summed E-state index contributed by atoms with van der Waals surface area (Å²) in [7, 11) is 0. The monoisotopic (exact) mass is 330 g/mol. The molecule has 6 heteroatoms. The lowest BCUT2D eigenvalue weighted by Gasteiger charge is -2.18. The predicted molar refractivity (Wildman–Crippen MR) is 98.5 cm³/mol. The maximum atomic E-state index is 12.1. The number of aromatic nitrogens is 2. The molecule has 0 aliphatic rings. The Kier molecular flexibility index (Phi) is 6.23. The topological polar surface area (TPSA) is 92.9 Å². The lowest BCUT2D eigenvalue weighted by molar-refractivity contribution is 0.613. The lowest BCUT2D eigenvalue weighted by Crippen LogP contribution is -2.35. The van der Waals surface area contributed by atoms with Gasteiger partial charge in [-0.1, -0.05) is 56.5 Å². The molecular formula is C18H26N4O2. The summed E-state index contributed by atoms with van der Waals surface area (Å²) in [5, 5.41) is 3.16. The van der Waals surface area contributed by atoms with Crippen LogP contribution in [0.1, 0.15) is 45.1 Å². The van der Waals surface area contributed by atoms with Crippen molar-refractivity contribution in [2.75, 3.05) is 11.1 Å². The number of anilines is 2. The Labute approximate surface area is 141 Å². The molecule has 24 heavy (non-hydrogen) atoms. The zero-order valence-corrected chi connectivity index (χ0v) is 14.3. The number of rotatable bonds is 8. The fourth-order valence-electron chi connectivity index (χ4n) is 2.67. The summed E-state index contributed by atoms with van der Waals surface area (Å²) >= 11 is 0. The van der Waals surface area contributed by atoms with Gasteiger partial charge in [0.15, 0.2) is 0 Å². The van der Waals surface area contributed by atoms with Crippen molar-refractivity contribution in [2.24, 2.45) is 0 Å². The summed E-state index contributed by atoms with van der Waals surface area (Å²) in [6.45, 7) is 4.49. The average Bonchev–Trinajstić information content (AvgIpc) is 2.56. The van der Waals surface area contributed by atoms with Gasteiger partial charge >= 0.3 is 5.69 Å². The maximum absolute atomic E-state index is 12.1. The molecule has 0 bridgehead atoms. The van der Waals surface area contributed by atoms with Crippen molar-refractivity contribution in [3.63, 3.8) is 0 Å². The maximum Gasteiger partial charge on any atom is 0.330 e. The van der Waals surface area contributed by atoms with Crippen LogP contribution in [-0.4, -0.2) is 15.6 Å². The Hall–Kier alpha value is -2.50. The smallest absolute Gasteiger partial charge is 0.330 e. The molecule has 130 valence electrons. The quantitative estimate of drug-likeness (QED) is 0.649. The fraction of sp³-hybridized carbons (Fsp3) is 0.444. The van der Waals surface area contributed by atoms with E-state index in [1.54, 1.807) is 0 Å². The molecule has 4 N–H and O–H groups in total. The van der Waals surface area contributed by atoms with Gasteiger partial charge in [-0.15, -0.1) is 0 Å². The van der Waals surface area contributed by atoms with Crippen molar-refractivity contribution >= 4 is 11.5 Å². The first-order valence-electron chi connectivity index (χ1n) is 8.46. The van der Waals surface area contributed by atoms with Gasteiger partial charge in [-0.2, -0.15) is 0 Å². The molecule has 2 rings (SSSR count). The van der Waals surface area contributed by atoms with Crippen LogP contribution in [0.3, 0.4) is 0 Å². The van der Waals surface area contributed by atoms with Gasteiger partial charge in [-0.3, -0.25) is 14.3 Å². The molecular weight excluding hydrogens is 304 g/mol. The Morgan fingerprint density at radius 1 is 1.21 bits per heavy atom. The summed E-state index contributed by atoms with van der Waals surface area (Å²) in [5.41, 5.74) is 6.37. The zero-order chi connectivity index (χ0) is 17.5. The number of nitrogens with two attached hydrogens (primary N) is 1. The highest BCUT2D eigenvalue weighted by Gasteiger charge is 2.14. The standard InChI is InChI=1S/C18H26N4O2/c1-3-4-6-9-13(2)20-15-16(19)22(18(24)21-17(15)23)12-14-10-7-5-8-11-14/h5,7-8,10-11,13,20H,3-4,6,9,12,19H2,1-2H3,(H,21,23,24). The van der Waals surface area contributed by atoms with Crippen molar-refractivity contribution in [3.05, 3.63) is 56.7 Å². The first kappa shape index (κ1) is 17.8. The zero-order valence-electron chi connectivity index (χ0n) is 14.3. The molecule has 0 spiro atoms. The summed E-state index contributed by atoms with van der Waals surface area (Å²) in [4.78, 5) is 26.6. The van der Waals surface area contributed by atoms with E-state index >= 15 is 0 Å². The first-order chi connectivity index (χ1) is 11.5. The number of H-pyrrole nitrogens is 1. The number of aromatic amines is 1. The van der Waals surface area contributed by atoms with E-state index in [0.717, 1.165) is 31.2 Å². The lowest BCUT2D eigenvalue weighted by atomic mass is 10.1. The van der Waals surface area contributed by atoms with Crippen LogP contribution in [0, 0.1) is 0 Å². The van der Waals surface area contributed by atoms with Gasteiger partial charge in [-0.25, -0.2) is 4.79 Å². The van der Waals surface area contributed by atoms with Crippen LogP contribution < -0.4 is 22.3 Å². The van der Waals surface area contributed by atoms with E-state index in [9.17, 15) is 9.59 Å². The van der Waals surface area contributed by atoms with Crippen LogP contribution in [0.2, 0.25) is 0 Å². The van der Waals surface area contributed by atoms with Gasteiger partial charge in [0.25, 0.3) is 5.56 Å². The Bertz CT molecular complexity index is 765. The SMILES string of the molecule is CCCCCC(C)Nc1c(N)n(Cc2ccccc2)c(=O)[nH]c1=O. The summed E-state index contributed by atoms with van der Waals surface area (Å²) in [5.74, 6) is 0.176. The van der Waals surface area contributed by atoms with E-state index in [4.69, 9.17) is 5.73 Å². The molecule has 0 aliphatic carbocycles. The van der Waals surface area contributed by atoms with Crippen molar-refractivity contribution < 1.29 is 0 Å². The minimum absolute atomic E-state index is 0.114. The fourth-order valence-corrected chi connectivity index (χ4v) is 2.67. The molecule has 0 saturated carbocycles. The van der Waals surface area contributed by atoms with Crippen molar-refractivity contribution in [2.45, 2.75) is 52.1 Å². The molecule has 1 unspecified atom stereocenters. The molecule has 1 heterocycles. The average molecular weight is 330 g/mol. The molecule has 1 aromatic carbocycles. The summed E-state index contributed by atoms with van der Waals surface area (Å²) in [6, 6.07) is 9.65. The summed E-state index contributed by atoms with van der Waals surface area (Å²) < 4.78 is 1.39. The van der Waals surface area contributed by atoms with E-state index in [0.29, 0.717) is 6.54 Å². The molecule has 0 fully saturated rings. The van der Waals surface area contributed by atoms with Crippen LogP contribution in [-0.2, 0) is 6.54 Å². The van der Waals surface area contributed by atoms with E-state index in [1.807, 2.05) is 37.3 Å². The highest BCUT2D eigenvalue weighted by molar-refractivity contribution is 5.61. The van der Waals surface area contributed by atoms with Gasteiger partial charge in [-0.05, 0) is 18.9 Å². The Balaban J connectivity index is 2.24. The van der Waals surface area contributed by atoms with Gasteiger partial charge in [0, 0.05) is 6.04 Å². The number of benzene rings is 1. The molecule has 1 aromatic heterocycles. The molecule has 2 aromatic rings. The number of nitrogen functional groups attached to an aromatic ring is 1. The van der Waals surface area contributed by atoms with E-state index in [-0.39, 0.29) is 17.5 Å². The van der Waals surface area contributed by atoms with E-state index < -0.39 is 11.2 Å². The second kappa shape index (κ2) is 8.38. The molecule has 0 saturated heterocycles. The Morgan fingerprint density at radius 2 is 1.92 bits per heavy atom. The third-order valence-electron chi connectivity index (χ3n) is 4.05. The normalized spacial score (nSPS) is 12.1.